The van der Waals surface area contributed by atoms with E-state index in [0.29, 0.717) is 0 Å². The number of nitrogens with zero attached hydrogens (tertiary/aromatic N) is 4. The van der Waals surface area contributed by atoms with Crippen LogP contribution in [-0.2, 0) is 5.41 Å². The van der Waals surface area contributed by atoms with Crippen LogP contribution in [0.15, 0.2) is 178 Å². The van der Waals surface area contributed by atoms with Gasteiger partial charge in [0, 0.05) is 5.41 Å². The van der Waals surface area contributed by atoms with Crippen LogP contribution >= 0.6 is 0 Å². The molecule has 0 aliphatic carbocycles. The van der Waals surface area contributed by atoms with Crippen molar-refractivity contribution in [2.24, 2.45) is 20.5 Å². The molecule has 0 N–H and O–H groups in total. The second-order valence-corrected chi connectivity index (χ2v) is 10.9. The van der Waals surface area contributed by atoms with E-state index in [2.05, 4.69) is 58.6 Å². The molecule has 0 aliphatic heterocycles. The number of ether oxygens (including phenoxy) is 2. The SMILES string of the molecule is CC(C)(c1ccc(Oc2ccc(N=Nc3ccccc3)cc2)cc1)c1ccc(Oc2ccc(N=Nc3ccccc3)cc2)cc1. The fraction of sp³-hybridized carbons (Fsp3) is 0.0769. The molecule has 0 amide bonds. The summed E-state index contributed by atoms with van der Waals surface area (Å²) in [7, 11) is 0. The van der Waals surface area contributed by atoms with E-state index in [1.807, 2.05) is 133 Å². The normalized spacial score (nSPS) is 11.6. The van der Waals surface area contributed by atoms with Gasteiger partial charge in [0.1, 0.15) is 23.0 Å². The van der Waals surface area contributed by atoms with Gasteiger partial charge < -0.3 is 9.47 Å². The molecule has 0 bridgehead atoms. The first-order valence-electron chi connectivity index (χ1n) is 14.7. The third-order valence-corrected chi connectivity index (χ3v) is 7.37. The highest BCUT2D eigenvalue weighted by Crippen LogP contribution is 2.35. The van der Waals surface area contributed by atoms with Crippen molar-refractivity contribution in [3.8, 4) is 23.0 Å². The predicted molar refractivity (Wildman–Crippen MR) is 179 cm³/mol. The Hall–Kier alpha value is -5.88. The molecule has 6 heteroatoms. The molecule has 0 atom stereocenters. The summed E-state index contributed by atoms with van der Waals surface area (Å²) in [5, 5.41) is 17.1. The summed E-state index contributed by atoms with van der Waals surface area (Å²) in [6.07, 6.45) is 0. The number of hydrogen-bond donors (Lipinski definition) is 0. The Bertz CT molecular complexity index is 1730. The van der Waals surface area contributed by atoms with E-state index in [1.54, 1.807) is 0 Å². The molecule has 0 aliphatic rings. The summed E-state index contributed by atoms with van der Waals surface area (Å²) in [5.41, 5.74) is 5.30. The average Bonchev–Trinajstić information content (AvgIpc) is 3.09. The predicted octanol–water partition coefficient (Wildman–Crippen LogP) is 12.4. The minimum atomic E-state index is -0.214. The summed E-state index contributed by atoms with van der Waals surface area (Å²) in [5.74, 6) is 3.01. The molecule has 220 valence electrons. The standard InChI is InChI=1S/C39H32N4O2/c1-39(2,29-13-21-35(22-14-29)44-37-25-17-33(18-26-37)42-40-31-9-5-3-6-10-31)30-15-23-36(24-16-30)45-38-27-19-34(20-28-38)43-41-32-11-7-4-8-12-32/h3-28H,1-2H3. The van der Waals surface area contributed by atoms with Crippen LogP contribution in [0.5, 0.6) is 23.0 Å². The van der Waals surface area contributed by atoms with Crippen molar-refractivity contribution in [1.82, 2.24) is 0 Å². The second-order valence-electron chi connectivity index (χ2n) is 10.9. The molecule has 0 spiro atoms. The topological polar surface area (TPSA) is 67.9 Å². The van der Waals surface area contributed by atoms with Gasteiger partial charge in [-0.1, -0.05) is 74.5 Å². The molecule has 6 aromatic rings. The third kappa shape index (κ3) is 7.75. The van der Waals surface area contributed by atoms with Gasteiger partial charge in [-0.15, -0.1) is 0 Å². The van der Waals surface area contributed by atoms with Gasteiger partial charge in [-0.3, -0.25) is 0 Å². The van der Waals surface area contributed by atoms with Crippen LogP contribution < -0.4 is 9.47 Å². The van der Waals surface area contributed by atoms with Gasteiger partial charge in [0.05, 0.1) is 22.7 Å². The Balaban J connectivity index is 1.05. The van der Waals surface area contributed by atoms with Crippen molar-refractivity contribution in [3.63, 3.8) is 0 Å². The van der Waals surface area contributed by atoms with Crippen molar-refractivity contribution in [1.29, 1.82) is 0 Å². The highest BCUT2D eigenvalue weighted by molar-refractivity contribution is 5.47. The molecule has 45 heavy (non-hydrogen) atoms. The summed E-state index contributed by atoms with van der Waals surface area (Å²) in [6.45, 7) is 4.42. The maximum atomic E-state index is 6.08. The summed E-state index contributed by atoms with van der Waals surface area (Å²) in [4.78, 5) is 0. The highest BCUT2D eigenvalue weighted by atomic mass is 16.5. The average molecular weight is 589 g/mol. The zero-order valence-corrected chi connectivity index (χ0v) is 25.1. The van der Waals surface area contributed by atoms with E-state index < -0.39 is 0 Å². The number of benzene rings is 6. The lowest BCUT2D eigenvalue weighted by atomic mass is 9.78. The van der Waals surface area contributed by atoms with Gasteiger partial charge in [0.2, 0.25) is 0 Å². The Morgan fingerprint density at radius 2 is 0.600 bits per heavy atom. The van der Waals surface area contributed by atoms with E-state index in [1.165, 1.54) is 11.1 Å². The Kier molecular flexibility index (Phi) is 8.83. The zero-order chi connectivity index (χ0) is 30.9. The molecular weight excluding hydrogens is 556 g/mol. The molecule has 0 saturated carbocycles. The van der Waals surface area contributed by atoms with Crippen molar-refractivity contribution in [3.05, 3.63) is 169 Å². The van der Waals surface area contributed by atoms with Crippen LogP contribution in [0.4, 0.5) is 22.7 Å². The molecule has 0 fully saturated rings. The van der Waals surface area contributed by atoms with Gasteiger partial charge in [-0.25, -0.2) is 0 Å². The molecule has 0 saturated heterocycles. The minimum Gasteiger partial charge on any atom is -0.457 e. The van der Waals surface area contributed by atoms with E-state index >= 15 is 0 Å². The number of hydrogen-bond acceptors (Lipinski definition) is 6. The summed E-state index contributed by atoms with van der Waals surface area (Å²) in [6, 6.07) is 50.9. The molecule has 6 aromatic carbocycles. The quantitative estimate of drug-likeness (QED) is 0.149. The fourth-order valence-corrected chi connectivity index (χ4v) is 4.70. The number of rotatable bonds is 10. The van der Waals surface area contributed by atoms with E-state index in [4.69, 9.17) is 9.47 Å². The van der Waals surface area contributed by atoms with Crippen molar-refractivity contribution >= 4 is 22.7 Å². The Morgan fingerprint density at radius 3 is 0.911 bits per heavy atom. The van der Waals surface area contributed by atoms with Gasteiger partial charge in [-0.2, -0.15) is 20.5 Å². The van der Waals surface area contributed by atoms with Gasteiger partial charge in [-0.05, 0) is 108 Å². The lowest BCUT2D eigenvalue weighted by molar-refractivity contribution is 0.481. The van der Waals surface area contributed by atoms with Gasteiger partial charge >= 0.3 is 0 Å². The Morgan fingerprint density at radius 1 is 0.333 bits per heavy atom. The molecule has 0 unspecified atom stereocenters. The van der Waals surface area contributed by atoms with Crippen LogP contribution in [-0.4, -0.2) is 0 Å². The van der Waals surface area contributed by atoms with E-state index in [9.17, 15) is 0 Å². The van der Waals surface area contributed by atoms with Crippen LogP contribution in [0.3, 0.4) is 0 Å². The maximum Gasteiger partial charge on any atom is 0.127 e. The summed E-state index contributed by atoms with van der Waals surface area (Å²) < 4.78 is 12.2. The van der Waals surface area contributed by atoms with E-state index in [0.717, 1.165) is 45.7 Å². The van der Waals surface area contributed by atoms with Gasteiger partial charge in [0.25, 0.3) is 0 Å². The zero-order valence-electron chi connectivity index (χ0n) is 25.1. The first kappa shape index (κ1) is 29.2. The van der Waals surface area contributed by atoms with E-state index in [-0.39, 0.29) is 5.41 Å². The Labute approximate surface area is 263 Å². The lowest BCUT2D eigenvalue weighted by Crippen LogP contribution is -2.18. The van der Waals surface area contributed by atoms with Crippen LogP contribution in [0.25, 0.3) is 0 Å². The van der Waals surface area contributed by atoms with Crippen molar-refractivity contribution in [2.45, 2.75) is 19.3 Å². The molecule has 6 nitrogen and oxygen atoms in total. The van der Waals surface area contributed by atoms with Crippen molar-refractivity contribution in [2.75, 3.05) is 0 Å². The largest absolute Gasteiger partial charge is 0.457 e. The number of azo groups is 2. The van der Waals surface area contributed by atoms with Crippen LogP contribution in [0, 0.1) is 0 Å². The minimum absolute atomic E-state index is 0.214. The molecule has 0 radical (unpaired) electrons. The molecule has 0 heterocycles. The second kappa shape index (κ2) is 13.6. The first-order chi connectivity index (χ1) is 22.0. The fourth-order valence-electron chi connectivity index (χ4n) is 4.70. The first-order valence-corrected chi connectivity index (χ1v) is 14.7. The van der Waals surface area contributed by atoms with Crippen LogP contribution in [0.1, 0.15) is 25.0 Å². The third-order valence-electron chi connectivity index (χ3n) is 7.37. The molecule has 6 rings (SSSR count). The lowest BCUT2D eigenvalue weighted by Gasteiger charge is -2.26. The van der Waals surface area contributed by atoms with Gasteiger partial charge in [0.15, 0.2) is 0 Å². The summed E-state index contributed by atoms with van der Waals surface area (Å²) >= 11 is 0. The molecule has 0 aromatic heterocycles. The van der Waals surface area contributed by atoms with Crippen LogP contribution in [0.2, 0.25) is 0 Å². The monoisotopic (exact) mass is 588 g/mol. The van der Waals surface area contributed by atoms with Crippen molar-refractivity contribution < 1.29 is 9.47 Å². The molecular formula is C39H32N4O2. The maximum absolute atomic E-state index is 6.08. The smallest absolute Gasteiger partial charge is 0.127 e. The highest BCUT2D eigenvalue weighted by Gasteiger charge is 2.23.